The molecular formula is C18H24N4O2. The molecule has 1 aliphatic heterocycles. The van der Waals surface area contributed by atoms with Crippen LogP contribution < -0.4 is 15.4 Å². The molecule has 0 fully saturated rings. The molecule has 0 unspecified atom stereocenters. The summed E-state index contributed by atoms with van der Waals surface area (Å²) >= 11 is 0. The van der Waals surface area contributed by atoms with Crippen molar-refractivity contribution in [2.24, 2.45) is 0 Å². The summed E-state index contributed by atoms with van der Waals surface area (Å²) in [6.45, 7) is 4.48. The van der Waals surface area contributed by atoms with E-state index in [1.807, 2.05) is 30.5 Å². The van der Waals surface area contributed by atoms with Gasteiger partial charge in [-0.3, -0.25) is 4.90 Å². The van der Waals surface area contributed by atoms with Crippen LogP contribution in [0.15, 0.2) is 36.5 Å². The summed E-state index contributed by atoms with van der Waals surface area (Å²) in [6.07, 6.45) is 1.94. The van der Waals surface area contributed by atoms with Crippen molar-refractivity contribution in [2.75, 3.05) is 51.1 Å². The number of hydrogen-bond acceptors (Lipinski definition) is 6. The van der Waals surface area contributed by atoms with Crippen LogP contribution >= 0.6 is 0 Å². The number of aromatic nitrogens is 1. The Labute approximate surface area is 142 Å². The lowest BCUT2D eigenvalue weighted by atomic mass is 10.2. The number of fused-ring (bicyclic) bond motifs is 1. The van der Waals surface area contributed by atoms with Crippen molar-refractivity contribution in [1.82, 2.24) is 9.88 Å². The topological polar surface area (TPSA) is 58.7 Å². The Morgan fingerprint density at radius 1 is 1.29 bits per heavy atom. The van der Waals surface area contributed by atoms with Gasteiger partial charge in [0.25, 0.3) is 0 Å². The smallest absolute Gasteiger partial charge is 0.132 e. The zero-order valence-electron chi connectivity index (χ0n) is 14.2. The van der Waals surface area contributed by atoms with Crippen LogP contribution in [0.5, 0.6) is 5.75 Å². The molecule has 3 rings (SSSR count). The van der Waals surface area contributed by atoms with Gasteiger partial charge >= 0.3 is 0 Å². The van der Waals surface area contributed by atoms with E-state index >= 15 is 0 Å². The van der Waals surface area contributed by atoms with E-state index in [0.717, 1.165) is 55.7 Å². The van der Waals surface area contributed by atoms with Gasteiger partial charge < -0.3 is 20.1 Å². The normalized spacial score (nSPS) is 14.4. The maximum Gasteiger partial charge on any atom is 0.132 e. The minimum atomic E-state index is 0.748. The van der Waals surface area contributed by atoms with E-state index in [9.17, 15) is 0 Å². The molecule has 1 aromatic carbocycles. The monoisotopic (exact) mass is 328 g/mol. The maximum atomic E-state index is 5.26. The second kappa shape index (κ2) is 7.99. The van der Waals surface area contributed by atoms with Crippen LogP contribution in [-0.2, 0) is 11.3 Å². The summed E-state index contributed by atoms with van der Waals surface area (Å²) in [6, 6.07) is 9.89. The number of methoxy groups -OCH3 is 2. The lowest BCUT2D eigenvalue weighted by molar-refractivity contribution is 0.147. The van der Waals surface area contributed by atoms with E-state index in [1.165, 1.54) is 5.56 Å². The van der Waals surface area contributed by atoms with Gasteiger partial charge in [-0.25, -0.2) is 4.98 Å². The van der Waals surface area contributed by atoms with Gasteiger partial charge in [-0.2, -0.15) is 0 Å². The molecule has 6 heteroatoms. The first kappa shape index (κ1) is 16.5. The van der Waals surface area contributed by atoms with E-state index in [4.69, 9.17) is 9.47 Å². The molecule has 2 aromatic rings. The molecule has 6 nitrogen and oxygen atoms in total. The molecule has 0 saturated heterocycles. The molecule has 2 N–H and O–H groups in total. The number of anilines is 3. The number of benzene rings is 1. The van der Waals surface area contributed by atoms with Crippen LogP contribution in [0.3, 0.4) is 0 Å². The first-order valence-corrected chi connectivity index (χ1v) is 8.13. The number of nitrogens with one attached hydrogen (secondary N) is 2. The fraction of sp³-hybridized carbons (Fsp3) is 0.389. The molecule has 0 atom stereocenters. The quantitative estimate of drug-likeness (QED) is 0.850. The fourth-order valence-electron chi connectivity index (χ4n) is 2.77. The summed E-state index contributed by atoms with van der Waals surface area (Å²) < 4.78 is 10.4. The highest BCUT2D eigenvalue weighted by atomic mass is 16.5. The standard InChI is InChI=1S/C18H24N4O2/c1-23-9-8-22-7-6-19-17-11-18(20-12-14(17)13-22)21-15-4-3-5-16(10-15)24-2/h3-5,10-12,19H,6-9,13H2,1-2H3,(H,20,21). The molecule has 2 heterocycles. The minimum Gasteiger partial charge on any atom is -0.497 e. The van der Waals surface area contributed by atoms with Gasteiger partial charge in [-0.15, -0.1) is 0 Å². The Hall–Kier alpha value is -2.31. The number of ether oxygens (including phenoxy) is 2. The predicted octanol–water partition coefficient (Wildman–Crippen LogP) is 2.71. The molecule has 0 amide bonds. The van der Waals surface area contributed by atoms with Crippen LogP contribution in [-0.4, -0.2) is 50.3 Å². The first-order valence-electron chi connectivity index (χ1n) is 8.13. The largest absolute Gasteiger partial charge is 0.497 e. The van der Waals surface area contributed by atoms with Crippen LogP contribution in [0.1, 0.15) is 5.56 Å². The third-order valence-corrected chi connectivity index (χ3v) is 4.08. The Morgan fingerprint density at radius 3 is 3.04 bits per heavy atom. The average molecular weight is 328 g/mol. The summed E-state index contributed by atoms with van der Waals surface area (Å²) in [7, 11) is 3.40. The fourth-order valence-corrected chi connectivity index (χ4v) is 2.77. The van der Waals surface area contributed by atoms with Crippen LogP contribution in [0.4, 0.5) is 17.2 Å². The molecule has 0 saturated carbocycles. The van der Waals surface area contributed by atoms with E-state index < -0.39 is 0 Å². The zero-order chi connectivity index (χ0) is 16.8. The molecule has 0 aliphatic carbocycles. The zero-order valence-corrected chi connectivity index (χ0v) is 14.2. The SMILES string of the molecule is COCCN1CCNc2cc(Nc3cccc(OC)c3)ncc2C1. The molecule has 128 valence electrons. The van der Waals surface area contributed by atoms with Gasteiger partial charge in [-0.05, 0) is 12.1 Å². The van der Waals surface area contributed by atoms with E-state index in [1.54, 1.807) is 14.2 Å². The van der Waals surface area contributed by atoms with Crippen molar-refractivity contribution in [3.05, 3.63) is 42.1 Å². The van der Waals surface area contributed by atoms with Crippen molar-refractivity contribution >= 4 is 17.2 Å². The molecule has 0 spiro atoms. The van der Waals surface area contributed by atoms with Gasteiger partial charge in [0.05, 0.1) is 13.7 Å². The van der Waals surface area contributed by atoms with Gasteiger partial charge in [0.2, 0.25) is 0 Å². The molecule has 0 bridgehead atoms. The van der Waals surface area contributed by atoms with Crippen molar-refractivity contribution in [3.63, 3.8) is 0 Å². The lowest BCUT2D eigenvalue weighted by Gasteiger charge is -2.19. The minimum absolute atomic E-state index is 0.748. The Bertz CT molecular complexity index is 678. The highest BCUT2D eigenvalue weighted by Gasteiger charge is 2.14. The van der Waals surface area contributed by atoms with Crippen LogP contribution in [0.25, 0.3) is 0 Å². The maximum absolute atomic E-state index is 5.26. The van der Waals surface area contributed by atoms with Crippen molar-refractivity contribution in [2.45, 2.75) is 6.54 Å². The Kier molecular flexibility index (Phi) is 5.51. The van der Waals surface area contributed by atoms with Gasteiger partial charge in [0.1, 0.15) is 11.6 Å². The second-order valence-corrected chi connectivity index (χ2v) is 5.78. The lowest BCUT2D eigenvalue weighted by Crippen LogP contribution is -2.29. The highest BCUT2D eigenvalue weighted by Crippen LogP contribution is 2.25. The van der Waals surface area contributed by atoms with Crippen LogP contribution in [0.2, 0.25) is 0 Å². The number of rotatable bonds is 6. The van der Waals surface area contributed by atoms with E-state index in [0.29, 0.717) is 0 Å². The van der Waals surface area contributed by atoms with Crippen molar-refractivity contribution < 1.29 is 9.47 Å². The van der Waals surface area contributed by atoms with Crippen molar-refractivity contribution in [1.29, 1.82) is 0 Å². The first-order chi connectivity index (χ1) is 11.8. The van der Waals surface area contributed by atoms with Crippen molar-refractivity contribution in [3.8, 4) is 5.75 Å². The Morgan fingerprint density at radius 2 is 2.21 bits per heavy atom. The summed E-state index contributed by atoms with van der Waals surface area (Å²) in [5.41, 5.74) is 3.30. The van der Waals surface area contributed by atoms with Gasteiger partial charge in [-0.1, -0.05) is 6.07 Å². The van der Waals surface area contributed by atoms with E-state index in [-0.39, 0.29) is 0 Å². The third kappa shape index (κ3) is 4.15. The number of nitrogens with zero attached hydrogens (tertiary/aromatic N) is 2. The summed E-state index contributed by atoms with van der Waals surface area (Å²) in [4.78, 5) is 6.92. The van der Waals surface area contributed by atoms with Crippen LogP contribution in [0, 0.1) is 0 Å². The predicted molar refractivity (Wildman–Crippen MR) is 96.2 cm³/mol. The highest BCUT2D eigenvalue weighted by molar-refractivity contribution is 5.64. The molecule has 1 aromatic heterocycles. The van der Waals surface area contributed by atoms with Gasteiger partial charge in [0.15, 0.2) is 0 Å². The summed E-state index contributed by atoms with van der Waals surface area (Å²) in [5, 5.41) is 6.82. The molecule has 24 heavy (non-hydrogen) atoms. The second-order valence-electron chi connectivity index (χ2n) is 5.78. The molecule has 1 aliphatic rings. The molecular weight excluding hydrogens is 304 g/mol. The number of hydrogen-bond donors (Lipinski definition) is 2. The Balaban J connectivity index is 1.72. The number of pyridine rings is 1. The average Bonchev–Trinajstić information content (AvgIpc) is 2.81. The third-order valence-electron chi connectivity index (χ3n) is 4.08. The van der Waals surface area contributed by atoms with Gasteiger partial charge in [0, 0.05) is 68.6 Å². The van der Waals surface area contributed by atoms with E-state index in [2.05, 4.69) is 26.6 Å². The summed E-state index contributed by atoms with van der Waals surface area (Å²) in [5.74, 6) is 1.64. The molecule has 0 radical (unpaired) electrons.